The van der Waals surface area contributed by atoms with Crippen molar-refractivity contribution in [1.82, 2.24) is 0 Å². The molecule has 2 aromatic rings. The molecule has 1 fully saturated rings. The molecule has 3 rings (SSSR count). The molecule has 1 aliphatic rings. The summed E-state index contributed by atoms with van der Waals surface area (Å²) in [7, 11) is 0. The van der Waals surface area contributed by atoms with Crippen LogP contribution in [0.5, 0.6) is 0 Å². The Hall–Kier alpha value is -2.11. The molecule has 1 aliphatic heterocycles. The lowest BCUT2D eigenvalue weighted by Crippen LogP contribution is -2.48. The van der Waals surface area contributed by atoms with Gasteiger partial charge >= 0.3 is 0 Å². The van der Waals surface area contributed by atoms with Crippen molar-refractivity contribution in [3.8, 4) is 17.2 Å². The van der Waals surface area contributed by atoms with E-state index in [1.54, 1.807) is 18.2 Å². The average Bonchev–Trinajstić information content (AvgIpc) is 3.00. The Balaban J connectivity index is 2.25. The summed E-state index contributed by atoms with van der Waals surface area (Å²) in [6.45, 7) is 5.89. The van der Waals surface area contributed by atoms with Gasteiger partial charge in [-0.1, -0.05) is 29.3 Å². The Morgan fingerprint density at radius 1 is 1.46 bits per heavy atom. The number of thiophene rings is 1. The smallest absolute Gasteiger partial charge is 0.143 e. The van der Waals surface area contributed by atoms with Gasteiger partial charge in [0.05, 0.1) is 22.6 Å². The quantitative estimate of drug-likeness (QED) is 0.544. The average molecular weight is 436 g/mol. The first kappa shape index (κ1) is 20.6. The largest absolute Gasteiger partial charge is 0.382 e. The van der Waals surface area contributed by atoms with E-state index in [0.717, 1.165) is 11.3 Å². The van der Waals surface area contributed by atoms with Crippen molar-refractivity contribution in [2.24, 2.45) is 10.7 Å². The fourth-order valence-electron chi connectivity index (χ4n) is 3.19. The highest BCUT2D eigenvalue weighted by Crippen LogP contribution is 2.45. The second-order valence-electron chi connectivity index (χ2n) is 6.90. The normalized spacial score (nSPS) is 16.7. The zero-order valence-corrected chi connectivity index (χ0v) is 17.8. The summed E-state index contributed by atoms with van der Waals surface area (Å²) >= 11 is 13.9. The van der Waals surface area contributed by atoms with Crippen LogP contribution in [0.1, 0.15) is 24.3 Å². The van der Waals surface area contributed by atoms with E-state index in [1.165, 1.54) is 11.3 Å². The number of amidine groups is 1. The third-order valence-corrected chi connectivity index (χ3v) is 6.17. The Morgan fingerprint density at radius 2 is 2.21 bits per heavy atom. The highest BCUT2D eigenvalue weighted by molar-refractivity contribution is 7.19. The lowest BCUT2D eigenvalue weighted by molar-refractivity contribution is -0.0275. The van der Waals surface area contributed by atoms with Crippen LogP contribution in [0.4, 0.5) is 5.00 Å². The molecule has 6 nitrogen and oxygen atoms in total. The third kappa shape index (κ3) is 4.01. The van der Waals surface area contributed by atoms with Crippen molar-refractivity contribution in [3.05, 3.63) is 38.7 Å². The SMILES string of the molecule is CC1(C)CN(c2sc(C(N)=NC=N)c(-c3ccc(Cl)cc3Cl)c2C#N)CCO1. The molecule has 3 N–H and O–H groups in total. The maximum Gasteiger partial charge on any atom is 0.143 e. The lowest BCUT2D eigenvalue weighted by Gasteiger charge is -2.38. The van der Waals surface area contributed by atoms with Crippen molar-refractivity contribution in [1.29, 1.82) is 10.7 Å². The number of benzene rings is 1. The molecule has 0 saturated carbocycles. The van der Waals surface area contributed by atoms with E-state index in [9.17, 15) is 5.26 Å². The van der Waals surface area contributed by atoms with Crippen LogP contribution in [-0.2, 0) is 4.74 Å². The van der Waals surface area contributed by atoms with Gasteiger partial charge in [0.1, 0.15) is 23.2 Å². The maximum atomic E-state index is 10.00. The van der Waals surface area contributed by atoms with E-state index in [1.807, 2.05) is 13.8 Å². The zero-order chi connectivity index (χ0) is 20.5. The molecule has 0 aliphatic carbocycles. The van der Waals surface area contributed by atoms with Gasteiger partial charge in [-0.05, 0) is 26.0 Å². The Labute approximate surface area is 177 Å². The molecule has 0 amide bonds. The zero-order valence-electron chi connectivity index (χ0n) is 15.4. The highest BCUT2D eigenvalue weighted by atomic mass is 35.5. The van der Waals surface area contributed by atoms with E-state index in [-0.39, 0.29) is 11.4 Å². The van der Waals surface area contributed by atoms with Gasteiger partial charge in [0.25, 0.3) is 0 Å². The number of rotatable bonds is 4. The minimum atomic E-state index is -0.332. The third-order valence-electron chi connectivity index (χ3n) is 4.35. The van der Waals surface area contributed by atoms with Crippen molar-refractivity contribution in [2.45, 2.75) is 19.4 Å². The molecular weight excluding hydrogens is 417 g/mol. The van der Waals surface area contributed by atoms with Crippen molar-refractivity contribution in [2.75, 3.05) is 24.6 Å². The number of aliphatic imine (C=N–C) groups is 1. The number of nitrogens with one attached hydrogen (secondary N) is 1. The van der Waals surface area contributed by atoms with Crippen LogP contribution >= 0.6 is 34.5 Å². The molecule has 9 heteroatoms. The van der Waals surface area contributed by atoms with E-state index < -0.39 is 0 Å². The summed E-state index contributed by atoms with van der Waals surface area (Å²) in [5, 5.41) is 19.0. The maximum absolute atomic E-state index is 10.00. The van der Waals surface area contributed by atoms with Crippen molar-refractivity contribution < 1.29 is 4.74 Å². The molecule has 1 aromatic carbocycles. The van der Waals surface area contributed by atoms with Crippen LogP contribution in [0.2, 0.25) is 10.0 Å². The summed E-state index contributed by atoms with van der Waals surface area (Å²) in [6.07, 6.45) is 0.881. The van der Waals surface area contributed by atoms with Crippen LogP contribution in [0.25, 0.3) is 11.1 Å². The standard InChI is InChI=1S/C19H19Cl2N5OS/c1-19(2)9-26(5-6-27-19)18-13(8-22)15(16(28-18)17(24)25-10-23)12-4-3-11(20)7-14(12)21/h3-4,7,10H,5-6,9H2,1-2H3,(H3,23,24,25). The van der Waals surface area contributed by atoms with Gasteiger partial charge in [-0.3, -0.25) is 5.41 Å². The topological polar surface area (TPSA) is 98.5 Å². The monoisotopic (exact) mass is 435 g/mol. The number of ether oxygens (including phenoxy) is 1. The first-order valence-corrected chi connectivity index (χ1v) is 10.1. The molecule has 1 saturated heterocycles. The molecule has 1 aromatic heterocycles. The van der Waals surface area contributed by atoms with Crippen LogP contribution in [0.15, 0.2) is 23.2 Å². The van der Waals surface area contributed by atoms with Crippen LogP contribution in [-0.4, -0.2) is 37.5 Å². The fraction of sp³-hybridized carbons (Fsp3) is 0.316. The number of nitriles is 1. The van der Waals surface area contributed by atoms with E-state index in [2.05, 4.69) is 16.0 Å². The summed E-state index contributed by atoms with van der Waals surface area (Å²) in [4.78, 5) is 6.64. The number of halogens is 2. The van der Waals surface area contributed by atoms with Gasteiger partial charge in [0.2, 0.25) is 0 Å². The fourth-order valence-corrected chi connectivity index (χ4v) is 4.90. The molecule has 0 unspecified atom stereocenters. The van der Waals surface area contributed by atoms with E-state index >= 15 is 0 Å². The first-order chi connectivity index (χ1) is 13.3. The van der Waals surface area contributed by atoms with Gasteiger partial charge < -0.3 is 15.4 Å². The van der Waals surface area contributed by atoms with Crippen molar-refractivity contribution >= 4 is 51.7 Å². The predicted octanol–water partition coefficient (Wildman–Crippen LogP) is 4.52. The summed E-state index contributed by atoms with van der Waals surface area (Å²) < 4.78 is 5.80. The summed E-state index contributed by atoms with van der Waals surface area (Å²) in [5.41, 5.74) is 7.53. The van der Waals surface area contributed by atoms with Gasteiger partial charge in [-0.15, -0.1) is 11.3 Å². The molecule has 146 valence electrons. The van der Waals surface area contributed by atoms with Gasteiger partial charge in [-0.2, -0.15) is 5.26 Å². The lowest BCUT2D eigenvalue weighted by atomic mass is 10.0. The minimum Gasteiger partial charge on any atom is -0.382 e. The molecule has 0 atom stereocenters. The highest BCUT2D eigenvalue weighted by Gasteiger charge is 2.32. The molecule has 0 bridgehead atoms. The number of morpholine rings is 1. The van der Waals surface area contributed by atoms with Crippen molar-refractivity contribution in [3.63, 3.8) is 0 Å². The number of hydrogen-bond donors (Lipinski definition) is 2. The van der Waals surface area contributed by atoms with E-state index in [4.69, 9.17) is 39.1 Å². The van der Waals surface area contributed by atoms with Crippen LogP contribution in [0, 0.1) is 16.7 Å². The number of anilines is 1. The second kappa shape index (κ2) is 8.10. The van der Waals surface area contributed by atoms with Gasteiger partial charge in [-0.25, -0.2) is 4.99 Å². The number of nitrogens with zero attached hydrogens (tertiary/aromatic N) is 3. The second-order valence-corrected chi connectivity index (χ2v) is 8.74. The van der Waals surface area contributed by atoms with Crippen LogP contribution in [0.3, 0.4) is 0 Å². The van der Waals surface area contributed by atoms with Crippen LogP contribution < -0.4 is 10.6 Å². The minimum absolute atomic E-state index is 0.163. The summed E-state index contributed by atoms with van der Waals surface area (Å²) in [5.74, 6) is 0.163. The molecule has 0 radical (unpaired) electrons. The van der Waals surface area contributed by atoms with E-state index in [0.29, 0.717) is 51.3 Å². The first-order valence-electron chi connectivity index (χ1n) is 8.51. The Morgan fingerprint density at radius 3 is 2.82 bits per heavy atom. The number of hydrogen-bond acceptors (Lipinski definition) is 5. The Kier molecular flexibility index (Phi) is 5.96. The Bertz CT molecular complexity index is 993. The van der Waals surface area contributed by atoms with Gasteiger partial charge in [0.15, 0.2) is 0 Å². The van der Waals surface area contributed by atoms with Gasteiger partial charge in [0, 0.05) is 34.3 Å². The molecule has 0 spiro atoms. The summed E-state index contributed by atoms with van der Waals surface area (Å²) in [6, 6.07) is 7.42. The molecular formula is C19H19Cl2N5OS. The molecule has 28 heavy (non-hydrogen) atoms. The molecule has 2 heterocycles. The predicted molar refractivity (Wildman–Crippen MR) is 116 cm³/mol. The number of nitrogens with two attached hydrogens (primary N) is 1.